The SMILES string of the molecule is CS(=O)(=O)O.OCC1CCN(Cc2ccccc2)C1. The monoisotopic (exact) mass is 287 g/mol. The Labute approximate surface area is 114 Å². The molecule has 1 aliphatic heterocycles. The molecule has 108 valence electrons. The number of hydrogen-bond donors (Lipinski definition) is 2. The highest BCUT2D eigenvalue weighted by Gasteiger charge is 2.21. The number of hydrogen-bond acceptors (Lipinski definition) is 4. The van der Waals surface area contributed by atoms with Gasteiger partial charge in [0.25, 0.3) is 10.1 Å². The topological polar surface area (TPSA) is 77.8 Å². The van der Waals surface area contributed by atoms with Gasteiger partial charge in [0.15, 0.2) is 0 Å². The van der Waals surface area contributed by atoms with Crippen LogP contribution in [0.5, 0.6) is 0 Å². The molecule has 6 heteroatoms. The molecule has 1 unspecified atom stereocenters. The van der Waals surface area contributed by atoms with Crippen LogP contribution >= 0.6 is 0 Å². The Morgan fingerprint density at radius 2 is 1.89 bits per heavy atom. The smallest absolute Gasteiger partial charge is 0.261 e. The van der Waals surface area contributed by atoms with E-state index in [-0.39, 0.29) is 0 Å². The Morgan fingerprint density at radius 3 is 2.37 bits per heavy atom. The van der Waals surface area contributed by atoms with Gasteiger partial charge in [-0.05, 0) is 24.4 Å². The molecule has 5 nitrogen and oxygen atoms in total. The number of likely N-dealkylation sites (tertiary alicyclic amines) is 1. The van der Waals surface area contributed by atoms with Crippen molar-refractivity contribution in [2.45, 2.75) is 13.0 Å². The maximum atomic E-state index is 9.19. The highest BCUT2D eigenvalue weighted by Crippen LogP contribution is 2.17. The largest absolute Gasteiger partial charge is 0.396 e. The van der Waals surface area contributed by atoms with Gasteiger partial charge in [-0.1, -0.05) is 30.3 Å². The standard InChI is InChI=1S/C12H17NO.CH4O3S/c14-10-12-6-7-13(9-12)8-11-4-2-1-3-5-11;1-5(2,3)4/h1-5,12,14H,6-10H2;1H3,(H,2,3,4). The van der Waals surface area contributed by atoms with E-state index in [2.05, 4.69) is 29.2 Å². The van der Waals surface area contributed by atoms with E-state index >= 15 is 0 Å². The van der Waals surface area contributed by atoms with E-state index in [1.54, 1.807) is 0 Å². The van der Waals surface area contributed by atoms with Crippen molar-refractivity contribution in [3.8, 4) is 0 Å². The summed E-state index contributed by atoms with van der Waals surface area (Å²) in [5.41, 5.74) is 1.37. The van der Waals surface area contributed by atoms with Crippen LogP contribution in [0.4, 0.5) is 0 Å². The average molecular weight is 287 g/mol. The second-order valence-electron chi connectivity index (χ2n) is 4.79. The molecule has 1 heterocycles. The average Bonchev–Trinajstić information content (AvgIpc) is 2.76. The van der Waals surface area contributed by atoms with Crippen LogP contribution in [0.2, 0.25) is 0 Å². The van der Waals surface area contributed by atoms with Crippen LogP contribution in [0.3, 0.4) is 0 Å². The van der Waals surface area contributed by atoms with Gasteiger partial charge in [0, 0.05) is 19.7 Å². The summed E-state index contributed by atoms with van der Waals surface area (Å²) in [6.45, 7) is 3.54. The molecule has 0 bridgehead atoms. The molecule has 0 spiro atoms. The maximum Gasteiger partial charge on any atom is 0.261 e. The molecule has 1 aromatic rings. The van der Waals surface area contributed by atoms with Crippen molar-refractivity contribution in [1.82, 2.24) is 4.90 Å². The lowest BCUT2D eigenvalue weighted by Crippen LogP contribution is -2.20. The third-order valence-electron chi connectivity index (χ3n) is 2.88. The minimum absolute atomic E-state index is 0.339. The van der Waals surface area contributed by atoms with Crippen LogP contribution in [0, 0.1) is 5.92 Å². The van der Waals surface area contributed by atoms with Crippen LogP contribution in [-0.4, -0.2) is 48.9 Å². The molecule has 1 atom stereocenters. The lowest BCUT2D eigenvalue weighted by molar-refractivity contribution is 0.220. The number of aliphatic hydroxyl groups is 1. The zero-order chi connectivity index (χ0) is 14.3. The van der Waals surface area contributed by atoms with Gasteiger partial charge >= 0.3 is 0 Å². The van der Waals surface area contributed by atoms with E-state index in [4.69, 9.17) is 9.66 Å². The van der Waals surface area contributed by atoms with Gasteiger partial charge in [-0.3, -0.25) is 9.45 Å². The Hall–Kier alpha value is -0.950. The fraction of sp³-hybridized carbons (Fsp3) is 0.538. The fourth-order valence-electron chi connectivity index (χ4n) is 2.05. The highest BCUT2D eigenvalue weighted by atomic mass is 32.2. The van der Waals surface area contributed by atoms with Crippen LogP contribution < -0.4 is 0 Å². The van der Waals surface area contributed by atoms with Crippen molar-refractivity contribution in [2.24, 2.45) is 5.92 Å². The van der Waals surface area contributed by atoms with Crippen LogP contribution in [-0.2, 0) is 16.7 Å². The zero-order valence-electron chi connectivity index (χ0n) is 11.1. The fourth-order valence-corrected chi connectivity index (χ4v) is 2.05. The summed E-state index contributed by atoms with van der Waals surface area (Å²) in [4.78, 5) is 2.41. The maximum absolute atomic E-state index is 9.19. The first-order valence-electron chi connectivity index (χ1n) is 6.18. The summed E-state index contributed by atoms with van der Waals surface area (Å²) in [5, 5.41) is 9.02. The van der Waals surface area contributed by atoms with E-state index < -0.39 is 10.1 Å². The van der Waals surface area contributed by atoms with E-state index in [9.17, 15) is 8.42 Å². The van der Waals surface area contributed by atoms with Crippen LogP contribution in [0.1, 0.15) is 12.0 Å². The predicted molar refractivity (Wildman–Crippen MR) is 74.4 cm³/mol. The Kier molecular flexibility index (Phi) is 6.44. The molecule has 2 N–H and O–H groups in total. The molecular weight excluding hydrogens is 266 g/mol. The normalized spacial score (nSPS) is 19.8. The summed E-state index contributed by atoms with van der Waals surface area (Å²) in [7, 11) is -3.67. The second kappa shape index (κ2) is 7.59. The van der Waals surface area contributed by atoms with Crippen molar-refractivity contribution in [3.63, 3.8) is 0 Å². The molecule has 1 aromatic carbocycles. The number of benzene rings is 1. The molecule has 0 aliphatic carbocycles. The first-order chi connectivity index (χ1) is 8.88. The summed E-state index contributed by atoms with van der Waals surface area (Å²) in [6, 6.07) is 10.5. The van der Waals surface area contributed by atoms with Crippen molar-refractivity contribution in [1.29, 1.82) is 0 Å². The number of rotatable bonds is 3. The molecule has 1 saturated heterocycles. The van der Waals surface area contributed by atoms with Gasteiger partial charge < -0.3 is 5.11 Å². The number of nitrogens with zero attached hydrogens (tertiary/aromatic N) is 1. The van der Waals surface area contributed by atoms with Crippen LogP contribution in [0.15, 0.2) is 30.3 Å². The molecular formula is C13H21NO4S. The van der Waals surface area contributed by atoms with Gasteiger partial charge in [-0.2, -0.15) is 8.42 Å². The second-order valence-corrected chi connectivity index (χ2v) is 6.26. The van der Waals surface area contributed by atoms with Crippen LogP contribution in [0.25, 0.3) is 0 Å². The summed E-state index contributed by atoms with van der Waals surface area (Å²) in [6.07, 6.45) is 1.86. The molecule has 2 rings (SSSR count). The van der Waals surface area contributed by atoms with Gasteiger partial charge in [-0.25, -0.2) is 0 Å². The van der Waals surface area contributed by atoms with E-state index in [0.717, 1.165) is 26.1 Å². The lowest BCUT2D eigenvalue weighted by atomic mass is 10.1. The third-order valence-corrected chi connectivity index (χ3v) is 2.88. The predicted octanol–water partition coefficient (Wildman–Crippen LogP) is 1.00. The molecule has 0 amide bonds. The summed E-state index contributed by atoms with van der Waals surface area (Å²) < 4.78 is 25.9. The zero-order valence-corrected chi connectivity index (χ0v) is 11.9. The lowest BCUT2D eigenvalue weighted by Gasteiger charge is -2.15. The molecule has 0 radical (unpaired) electrons. The van der Waals surface area contributed by atoms with Crippen molar-refractivity contribution in [3.05, 3.63) is 35.9 Å². The van der Waals surface area contributed by atoms with Crippen molar-refractivity contribution < 1.29 is 18.1 Å². The molecule has 1 fully saturated rings. The highest BCUT2D eigenvalue weighted by molar-refractivity contribution is 7.85. The summed E-state index contributed by atoms with van der Waals surface area (Å²) in [5.74, 6) is 0.499. The van der Waals surface area contributed by atoms with Crippen molar-refractivity contribution >= 4 is 10.1 Å². The quantitative estimate of drug-likeness (QED) is 0.811. The first-order valence-corrected chi connectivity index (χ1v) is 8.03. The Balaban J connectivity index is 0.000000312. The molecule has 1 aliphatic rings. The minimum atomic E-state index is -3.67. The third kappa shape index (κ3) is 7.94. The summed E-state index contributed by atoms with van der Waals surface area (Å²) >= 11 is 0. The van der Waals surface area contributed by atoms with E-state index in [1.165, 1.54) is 5.56 Å². The van der Waals surface area contributed by atoms with Gasteiger partial charge in [-0.15, -0.1) is 0 Å². The molecule has 19 heavy (non-hydrogen) atoms. The van der Waals surface area contributed by atoms with Gasteiger partial charge in [0.2, 0.25) is 0 Å². The van der Waals surface area contributed by atoms with E-state index in [0.29, 0.717) is 18.8 Å². The minimum Gasteiger partial charge on any atom is -0.396 e. The Bertz CT molecular complexity index is 453. The molecule has 0 saturated carbocycles. The Morgan fingerprint density at radius 1 is 1.32 bits per heavy atom. The molecule has 0 aromatic heterocycles. The van der Waals surface area contributed by atoms with Gasteiger partial charge in [0.1, 0.15) is 0 Å². The van der Waals surface area contributed by atoms with Gasteiger partial charge in [0.05, 0.1) is 6.26 Å². The van der Waals surface area contributed by atoms with E-state index in [1.807, 2.05) is 6.07 Å². The number of aliphatic hydroxyl groups excluding tert-OH is 1. The van der Waals surface area contributed by atoms with Crippen molar-refractivity contribution in [2.75, 3.05) is 26.0 Å². The first kappa shape index (κ1) is 16.1.